The number of hydrogen-bond acceptors (Lipinski definition) is 1. The second-order valence-electron chi connectivity index (χ2n) is 5.74. The minimum Gasteiger partial charge on any atom is -0.388 e. The molecule has 20 heavy (non-hydrogen) atoms. The van der Waals surface area contributed by atoms with Gasteiger partial charge in [-0.15, -0.1) is 0 Å². The number of benzene rings is 2. The van der Waals surface area contributed by atoms with Crippen LogP contribution in [0.2, 0.25) is 0 Å². The molecule has 2 aromatic carbocycles. The average molecular weight is 268 g/mol. The SMILES string of the molecule is Cc1c(C)c(C)c(C(O)Cc2ccccc2)c(C)c1C. The van der Waals surface area contributed by atoms with E-state index in [-0.39, 0.29) is 0 Å². The van der Waals surface area contributed by atoms with E-state index in [4.69, 9.17) is 0 Å². The Morgan fingerprint density at radius 1 is 0.750 bits per heavy atom. The summed E-state index contributed by atoms with van der Waals surface area (Å²) in [4.78, 5) is 0. The second-order valence-corrected chi connectivity index (χ2v) is 5.74. The molecule has 2 aromatic rings. The van der Waals surface area contributed by atoms with Crippen LogP contribution in [0.5, 0.6) is 0 Å². The van der Waals surface area contributed by atoms with Gasteiger partial charge in [0, 0.05) is 6.42 Å². The molecule has 0 aromatic heterocycles. The van der Waals surface area contributed by atoms with Crippen molar-refractivity contribution in [3.8, 4) is 0 Å². The molecule has 1 N–H and O–H groups in total. The molecular formula is C19H24O. The van der Waals surface area contributed by atoms with Crippen LogP contribution in [0.3, 0.4) is 0 Å². The van der Waals surface area contributed by atoms with Gasteiger partial charge in [0.25, 0.3) is 0 Å². The van der Waals surface area contributed by atoms with Crippen molar-refractivity contribution in [1.82, 2.24) is 0 Å². The molecular weight excluding hydrogens is 244 g/mol. The Bertz CT molecular complexity index is 582. The molecule has 1 nitrogen and oxygen atoms in total. The summed E-state index contributed by atoms with van der Waals surface area (Å²) in [6.45, 7) is 10.7. The lowest BCUT2D eigenvalue weighted by molar-refractivity contribution is 0.177. The quantitative estimate of drug-likeness (QED) is 0.868. The Morgan fingerprint density at radius 2 is 1.20 bits per heavy atom. The fraction of sp³-hybridized carbons (Fsp3) is 0.368. The van der Waals surface area contributed by atoms with Gasteiger partial charge in [-0.05, 0) is 73.6 Å². The van der Waals surface area contributed by atoms with Crippen molar-refractivity contribution in [2.75, 3.05) is 0 Å². The van der Waals surface area contributed by atoms with E-state index >= 15 is 0 Å². The molecule has 0 aliphatic heterocycles. The topological polar surface area (TPSA) is 20.2 Å². The highest BCUT2D eigenvalue weighted by molar-refractivity contribution is 5.50. The molecule has 1 unspecified atom stereocenters. The van der Waals surface area contributed by atoms with Crippen LogP contribution in [-0.2, 0) is 6.42 Å². The Kier molecular flexibility index (Phi) is 4.29. The molecule has 0 spiro atoms. The van der Waals surface area contributed by atoms with Crippen LogP contribution in [0, 0.1) is 34.6 Å². The van der Waals surface area contributed by atoms with Gasteiger partial charge in [0.15, 0.2) is 0 Å². The maximum atomic E-state index is 10.7. The van der Waals surface area contributed by atoms with Crippen LogP contribution in [0.1, 0.15) is 45.0 Å². The van der Waals surface area contributed by atoms with Crippen molar-refractivity contribution < 1.29 is 5.11 Å². The molecule has 0 aliphatic rings. The van der Waals surface area contributed by atoms with Gasteiger partial charge in [-0.2, -0.15) is 0 Å². The summed E-state index contributed by atoms with van der Waals surface area (Å²) >= 11 is 0. The van der Waals surface area contributed by atoms with Crippen molar-refractivity contribution in [3.05, 3.63) is 69.3 Å². The molecule has 0 heterocycles. The number of aliphatic hydroxyl groups excluding tert-OH is 1. The summed E-state index contributed by atoms with van der Waals surface area (Å²) in [6.07, 6.45) is 0.236. The van der Waals surface area contributed by atoms with Gasteiger partial charge in [-0.3, -0.25) is 0 Å². The molecule has 106 valence electrons. The van der Waals surface area contributed by atoms with E-state index in [1.54, 1.807) is 0 Å². The van der Waals surface area contributed by atoms with E-state index in [1.165, 1.54) is 33.4 Å². The zero-order chi connectivity index (χ0) is 14.9. The summed E-state index contributed by atoms with van der Waals surface area (Å²) in [5, 5.41) is 10.7. The average Bonchev–Trinajstić information content (AvgIpc) is 2.44. The van der Waals surface area contributed by atoms with Crippen molar-refractivity contribution in [2.45, 2.75) is 47.1 Å². The van der Waals surface area contributed by atoms with E-state index in [0.29, 0.717) is 6.42 Å². The van der Waals surface area contributed by atoms with E-state index in [0.717, 1.165) is 5.56 Å². The molecule has 1 atom stereocenters. The van der Waals surface area contributed by atoms with Crippen molar-refractivity contribution in [2.24, 2.45) is 0 Å². The number of hydrogen-bond donors (Lipinski definition) is 1. The molecule has 0 radical (unpaired) electrons. The monoisotopic (exact) mass is 268 g/mol. The fourth-order valence-corrected chi connectivity index (χ4v) is 2.97. The predicted molar refractivity (Wildman–Crippen MR) is 85.2 cm³/mol. The van der Waals surface area contributed by atoms with Crippen molar-refractivity contribution >= 4 is 0 Å². The first-order valence-electron chi connectivity index (χ1n) is 7.22. The molecule has 0 amide bonds. The maximum Gasteiger partial charge on any atom is 0.0835 e. The first kappa shape index (κ1) is 14.8. The molecule has 0 bridgehead atoms. The Hall–Kier alpha value is -1.60. The normalized spacial score (nSPS) is 12.5. The lowest BCUT2D eigenvalue weighted by atomic mass is 9.85. The van der Waals surface area contributed by atoms with Crippen LogP contribution in [0.4, 0.5) is 0 Å². The maximum absolute atomic E-state index is 10.7. The van der Waals surface area contributed by atoms with Gasteiger partial charge in [0.1, 0.15) is 0 Å². The minimum absolute atomic E-state index is 0.435. The third-order valence-corrected chi connectivity index (χ3v) is 4.66. The minimum atomic E-state index is -0.435. The van der Waals surface area contributed by atoms with E-state index in [2.05, 4.69) is 46.8 Å². The van der Waals surface area contributed by atoms with Gasteiger partial charge < -0.3 is 5.11 Å². The summed E-state index contributed by atoms with van der Waals surface area (Å²) in [5.74, 6) is 0. The van der Waals surface area contributed by atoms with Gasteiger partial charge in [-0.1, -0.05) is 30.3 Å². The largest absolute Gasteiger partial charge is 0.388 e. The lowest BCUT2D eigenvalue weighted by Gasteiger charge is -2.22. The Morgan fingerprint density at radius 3 is 1.70 bits per heavy atom. The van der Waals surface area contributed by atoms with Gasteiger partial charge in [0.05, 0.1) is 6.10 Å². The smallest absolute Gasteiger partial charge is 0.0835 e. The summed E-state index contributed by atoms with van der Waals surface area (Å²) in [5.41, 5.74) is 8.69. The van der Waals surface area contributed by atoms with Crippen LogP contribution < -0.4 is 0 Å². The van der Waals surface area contributed by atoms with Gasteiger partial charge in [0.2, 0.25) is 0 Å². The molecule has 0 aliphatic carbocycles. The van der Waals surface area contributed by atoms with Crippen LogP contribution in [0.15, 0.2) is 30.3 Å². The first-order valence-corrected chi connectivity index (χ1v) is 7.22. The van der Waals surface area contributed by atoms with E-state index in [1.807, 2.05) is 18.2 Å². The van der Waals surface area contributed by atoms with Crippen LogP contribution >= 0.6 is 0 Å². The van der Waals surface area contributed by atoms with Gasteiger partial charge >= 0.3 is 0 Å². The summed E-state index contributed by atoms with van der Waals surface area (Å²) in [7, 11) is 0. The number of rotatable bonds is 3. The third-order valence-electron chi connectivity index (χ3n) is 4.66. The summed E-state index contributed by atoms with van der Waals surface area (Å²) in [6, 6.07) is 10.2. The van der Waals surface area contributed by atoms with E-state index < -0.39 is 6.10 Å². The highest BCUT2D eigenvalue weighted by atomic mass is 16.3. The molecule has 0 fully saturated rings. The second kappa shape index (κ2) is 5.80. The Balaban J connectivity index is 2.42. The van der Waals surface area contributed by atoms with Gasteiger partial charge in [-0.25, -0.2) is 0 Å². The molecule has 1 heteroatoms. The van der Waals surface area contributed by atoms with Crippen molar-refractivity contribution in [1.29, 1.82) is 0 Å². The highest BCUT2D eigenvalue weighted by Gasteiger charge is 2.18. The zero-order valence-electron chi connectivity index (χ0n) is 13.1. The first-order chi connectivity index (χ1) is 9.43. The molecule has 0 saturated heterocycles. The summed E-state index contributed by atoms with van der Waals surface area (Å²) < 4.78 is 0. The van der Waals surface area contributed by atoms with Crippen LogP contribution in [-0.4, -0.2) is 5.11 Å². The Labute approximate surface area is 122 Å². The fourth-order valence-electron chi connectivity index (χ4n) is 2.97. The van der Waals surface area contributed by atoms with E-state index in [9.17, 15) is 5.11 Å². The lowest BCUT2D eigenvalue weighted by Crippen LogP contribution is -2.10. The standard InChI is InChI=1S/C19H24O/c1-12-13(2)15(4)19(16(5)14(12)3)18(20)11-17-9-7-6-8-10-17/h6-10,18,20H,11H2,1-5H3. The third kappa shape index (κ3) is 2.64. The zero-order valence-corrected chi connectivity index (χ0v) is 13.1. The number of aliphatic hydroxyl groups is 1. The molecule has 0 saturated carbocycles. The van der Waals surface area contributed by atoms with Crippen LogP contribution in [0.25, 0.3) is 0 Å². The predicted octanol–water partition coefficient (Wildman–Crippen LogP) is 4.50. The molecule has 2 rings (SSSR count). The van der Waals surface area contributed by atoms with Crippen molar-refractivity contribution in [3.63, 3.8) is 0 Å². The highest BCUT2D eigenvalue weighted by Crippen LogP contribution is 2.31.